The van der Waals surface area contributed by atoms with Crippen LogP contribution in [0.25, 0.3) is 0 Å². The number of carbonyl (C=O) groups excluding carboxylic acids is 2. The van der Waals surface area contributed by atoms with Crippen molar-refractivity contribution in [2.75, 3.05) is 5.32 Å². The summed E-state index contributed by atoms with van der Waals surface area (Å²) in [4.78, 5) is 23.3. The zero-order valence-electron chi connectivity index (χ0n) is 16.1. The van der Waals surface area contributed by atoms with E-state index in [2.05, 4.69) is 10.6 Å². The summed E-state index contributed by atoms with van der Waals surface area (Å²) in [7, 11) is -3.91. The Kier molecular flexibility index (Phi) is 7.29. The third-order valence-electron chi connectivity index (χ3n) is 3.40. The monoisotopic (exact) mass is 435 g/mol. The molecule has 154 valence electrons. The molecule has 10 heteroatoms. The number of hydrogen-bond acceptors (Lipinski definition) is 6. The summed E-state index contributed by atoms with van der Waals surface area (Å²) < 4.78 is 31.3. The Hall–Kier alpha value is -2.98. The Balaban J connectivity index is 2.00. The fraction of sp³-hybridized carbons (Fsp3) is 0.211. The van der Waals surface area contributed by atoms with Crippen molar-refractivity contribution in [1.82, 2.24) is 10.0 Å². The predicted octanol–water partition coefficient (Wildman–Crippen LogP) is 2.43. The van der Waals surface area contributed by atoms with Gasteiger partial charge in [-0.3, -0.25) is 14.9 Å². The molecule has 0 atom stereocenters. The third-order valence-corrected chi connectivity index (χ3v) is 5.05. The predicted molar refractivity (Wildman–Crippen MR) is 113 cm³/mol. The molecule has 2 amide bonds. The molecular weight excluding hydrogens is 414 g/mol. The molecule has 0 heterocycles. The maximum absolute atomic E-state index is 12.4. The average Bonchev–Trinajstić information content (AvgIpc) is 2.60. The molecule has 0 unspecified atom stereocenters. The first-order valence-electron chi connectivity index (χ1n) is 8.59. The van der Waals surface area contributed by atoms with Gasteiger partial charge in [-0.05, 0) is 68.5 Å². The van der Waals surface area contributed by atoms with E-state index >= 15 is 0 Å². The lowest BCUT2D eigenvalue weighted by atomic mass is 10.2. The van der Waals surface area contributed by atoms with Crippen LogP contribution >= 0.6 is 12.2 Å². The normalized spacial score (nSPS) is 10.9. The van der Waals surface area contributed by atoms with Crippen LogP contribution in [0.4, 0.5) is 5.69 Å². The van der Waals surface area contributed by atoms with E-state index in [4.69, 9.17) is 17.0 Å². The van der Waals surface area contributed by atoms with Crippen LogP contribution in [0, 0.1) is 0 Å². The largest absolute Gasteiger partial charge is 0.491 e. The zero-order chi connectivity index (χ0) is 21.6. The first-order chi connectivity index (χ1) is 13.6. The Morgan fingerprint density at radius 2 is 1.72 bits per heavy atom. The second-order valence-electron chi connectivity index (χ2n) is 6.29. The van der Waals surface area contributed by atoms with Crippen molar-refractivity contribution in [3.05, 3.63) is 54.1 Å². The van der Waals surface area contributed by atoms with Crippen LogP contribution in [-0.4, -0.2) is 31.4 Å². The highest BCUT2D eigenvalue weighted by atomic mass is 32.2. The highest BCUT2D eigenvalue weighted by Crippen LogP contribution is 2.16. The Bertz CT molecular complexity index is 1020. The average molecular weight is 436 g/mol. The molecule has 3 N–H and O–H groups in total. The Labute approximate surface area is 174 Å². The maximum atomic E-state index is 12.4. The van der Waals surface area contributed by atoms with Crippen LogP contribution < -0.4 is 20.1 Å². The fourth-order valence-electron chi connectivity index (χ4n) is 2.29. The summed E-state index contributed by atoms with van der Waals surface area (Å²) in [5.74, 6) is -0.525. The highest BCUT2D eigenvalue weighted by Gasteiger charge is 2.15. The molecule has 0 fully saturated rings. The van der Waals surface area contributed by atoms with E-state index in [9.17, 15) is 18.0 Å². The molecule has 0 saturated carbocycles. The first-order valence-corrected chi connectivity index (χ1v) is 10.5. The minimum Gasteiger partial charge on any atom is -0.491 e. The molecule has 2 aromatic rings. The summed E-state index contributed by atoms with van der Waals surface area (Å²) in [6.07, 6.45) is -0.0199. The first kappa shape index (κ1) is 22.3. The fourth-order valence-corrected chi connectivity index (χ4v) is 3.49. The van der Waals surface area contributed by atoms with Crippen molar-refractivity contribution in [1.29, 1.82) is 0 Å². The van der Waals surface area contributed by atoms with Crippen LogP contribution in [0.1, 0.15) is 31.1 Å². The highest BCUT2D eigenvalue weighted by molar-refractivity contribution is 7.90. The molecule has 0 aliphatic carbocycles. The lowest BCUT2D eigenvalue weighted by Crippen LogP contribution is -2.34. The number of thiocarbonyl (C=S) groups is 1. The number of nitrogens with one attached hydrogen (secondary N) is 3. The van der Waals surface area contributed by atoms with Gasteiger partial charge in [0.15, 0.2) is 5.11 Å². The molecule has 0 bridgehead atoms. The molecule has 0 saturated heterocycles. The number of ether oxygens (including phenoxy) is 1. The van der Waals surface area contributed by atoms with Gasteiger partial charge in [-0.2, -0.15) is 0 Å². The van der Waals surface area contributed by atoms with Crippen molar-refractivity contribution < 1.29 is 22.7 Å². The Morgan fingerprint density at radius 3 is 2.31 bits per heavy atom. The van der Waals surface area contributed by atoms with Crippen LogP contribution in [0.5, 0.6) is 5.75 Å². The van der Waals surface area contributed by atoms with E-state index in [1.807, 2.05) is 18.6 Å². The van der Waals surface area contributed by atoms with Crippen molar-refractivity contribution in [2.45, 2.75) is 31.8 Å². The van der Waals surface area contributed by atoms with Crippen molar-refractivity contribution >= 4 is 44.9 Å². The molecule has 0 spiro atoms. The number of anilines is 1. The maximum Gasteiger partial charge on any atom is 0.264 e. The quantitative estimate of drug-likeness (QED) is 0.597. The smallest absolute Gasteiger partial charge is 0.264 e. The molecule has 0 aromatic heterocycles. The standard InChI is InChI=1S/C19H21N3O5S2/c1-12(2)27-16-6-4-5-14(11-16)18(24)21-19(28)20-15-7-9-17(10-8-15)29(25,26)22-13(3)23/h4-12H,1-3H3,(H,22,23)(H2,20,21,24,28). The molecular formula is C19H21N3O5S2. The van der Waals surface area contributed by atoms with Crippen LogP contribution in [0.15, 0.2) is 53.4 Å². The van der Waals surface area contributed by atoms with E-state index in [0.29, 0.717) is 17.0 Å². The van der Waals surface area contributed by atoms with Gasteiger partial charge in [0.05, 0.1) is 11.0 Å². The van der Waals surface area contributed by atoms with Gasteiger partial charge in [-0.15, -0.1) is 0 Å². The SMILES string of the molecule is CC(=O)NS(=O)(=O)c1ccc(NC(=S)NC(=O)c2cccc(OC(C)C)c2)cc1. The van der Waals surface area contributed by atoms with Crippen molar-refractivity contribution in [3.63, 3.8) is 0 Å². The molecule has 0 aliphatic heterocycles. The summed E-state index contributed by atoms with van der Waals surface area (Å²) in [5.41, 5.74) is 0.845. The van der Waals surface area contributed by atoms with Gasteiger partial charge in [0.1, 0.15) is 5.75 Å². The van der Waals surface area contributed by atoms with E-state index in [1.165, 1.54) is 24.3 Å². The van der Waals surface area contributed by atoms with E-state index < -0.39 is 21.8 Å². The molecule has 2 rings (SSSR count). The number of amides is 2. The lowest BCUT2D eigenvalue weighted by Gasteiger charge is -2.12. The van der Waals surface area contributed by atoms with Crippen LogP contribution in [0.2, 0.25) is 0 Å². The minimum absolute atomic E-state index is 0.0199. The van der Waals surface area contributed by atoms with Gasteiger partial charge in [0.25, 0.3) is 15.9 Å². The molecule has 2 aromatic carbocycles. The van der Waals surface area contributed by atoms with Gasteiger partial charge in [-0.25, -0.2) is 13.1 Å². The van der Waals surface area contributed by atoms with Crippen LogP contribution in [0.3, 0.4) is 0 Å². The summed E-state index contributed by atoms with van der Waals surface area (Å²) in [5, 5.41) is 5.39. The van der Waals surface area contributed by atoms with Gasteiger partial charge in [-0.1, -0.05) is 6.07 Å². The van der Waals surface area contributed by atoms with Crippen LogP contribution in [-0.2, 0) is 14.8 Å². The van der Waals surface area contributed by atoms with Gasteiger partial charge in [0, 0.05) is 18.2 Å². The summed E-state index contributed by atoms with van der Waals surface area (Å²) in [6, 6.07) is 12.2. The molecule has 29 heavy (non-hydrogen) atoms. The van der Waals surface area contributed by atoms with Gasteiger partial charge < -0.3 is 10.1 Å². The van der Waals surface area contributed by atoms with Crippen molar-refractivity contribution in [3.8, 4) is 5.75 Å². The van der Waals surface area contributed by atoms with E-state index in [1.54, 1.807) is 24.3 Å². The van der Waals surface area contributed by atoms with Crippen molar-refractivity contribution in [2.24, 2.45) is 0 Å². The zero-order valence-corrected chi connectivity index (χ0v) is 17.7. The summed E-state index contributed by atoms with van der Waals surface area (Å²) >= 11 is 5.13. The number of benzene rings is 2. The summed E-state index contributed by atoms with van der Waals surface area (Å²) in [6.45, 7) is 4.89. The topological polar surface area (TPSA) is 114 Å². The third kappa shape index (κ3) is 6.84. The second kappa shape index (κ2) is 9.48. The molecule has 0 radical (unpaired) electrons. The molecule has 0 aliphatic rings. The van der Waals surface area contributed by atoms with Gasteiger partial charge >= 0.3 is 0 Å². The number of sulfonamides is 1. The lowest BCUT2D eigenvalue weighted by molar-refractivity contribution is -0.117. The van der Waals surface area contributed by atoms with E-state index in [0.717, 1.165) is 6.92 Å². The van der Waals surface area contributed by atoms with Gasteiger partial charge in [0.2, 0.25) is 5.91 Å². The number of rotatable bonds is 6. The molecule has 8 nitrogen and oxygen atoms in total. The van der Waals surface area contributed by atoms with E-state index in [-0.39, 0.29) is 16.1 Å². The number of carbonyl (C=O) groups is 2. The minimum atomic E-state index is -3.91. The second-order valence-corrected chi connectivity index (χ2v) is 8.38. The number of hydrogen-bond donors (Lipinski definition) is 3. The Morgan fingerprint density at radius 1 is 1.07 bits per heavy atom.